The van der Waals surface area contributed by atoms with Crippen LogP contribution in [0.25, 0.3) is 0 Å². The van der Waals surface area contributed by atoms with Gasteiger partial charge in [-0.3, -0.25) is 4.79 Å². The third-order valence-electron chi connectivity index (χ3n) is 1.13. The number of nitrogens with two attached hydrogens (primary N) is 1. The van der Waals surface area contributed by atoms with E-state index in [-0.39, 0.29) is 11.5 Å². The summed E-state index contributed by atoms with van der Waals surface area (Å²) in [6.45, 7) is 0. The Morgan fingerprint density at radius 2 is 2.45 bits per heavy atom. The lowest BCUT2D eigenvalue weighted by molar-refractivity contribution is 0.111. The number of nitrogen functional groups attached to an aromatic ring is 1. The molecule has 0 aliphatic carbocycles. The second kappa shape index (κ2) is 2.96. The maximum absolute atomic E-state index is 10.2. The molecule has 0 atom stereocenters. The first-order valence-corrected chi connectivity index (χ1v) is 2.89. The quantitative estimate of drug-likeness (QED) is 0.599. The summed E-state index contributed by atoms with van der Waals surface area (Å²) in [5.74, 6) is 0.382. The first-order chi connectivity index (χ1) is 5.27. The molecule has 11 heavy (non-hydrogen) atoms. The average Bonchev–Trinajstić information content (AvgIpc) is 2.04. The van der Waals surface area contributed by atoms with Crippen LogP contribution in [-0.2, 0) is 0 Å². The Bertz CT molecular complexity index is 275. The molecule has 2 N–H and O–H groups in total. The van der Waals surface area contributed by atoms with Gasteiger partial charge in [-0.2, -0.15) is 4.98 Å². The molecule has 0 radical (unpaired) electrons. The van der Waals surface area contributed by atoms with Crippen LogP contribution in [0, 0.1) is 0 Å². The van der Waals surface area contributed by atoms with E-state index in [1.807, 2.05) is 0 Å². The smallest absolute Gasteiger partial charge is 0.234 e. The molecular weight excluding hydrogens is 146 g/mol. The number of anilines is 1. The Balaban J connectivity index is 3.09. The monoisotopic (exact) mass is 153 g/mol. The Hall–Kier alpha value is -1.65. The van der Waals surface area contributed by atoms with E-state index in [1.54, 1.807) is 0 Å². The zero-order chi connectivity index (χ0) is 8.27. The number of carbonyl (C=O) groups excluding carboxylic acids is 1. The van der Waals surface area contributed by atoms with E-state index >= 15 is 0 Å². The van der Waals surface area contributed by atoms with Crippen LogP contribution in [0.2, 0.25) is 0 Å². The van der Waals surface area contributed by atoms with Crippen LogP contribution in [0.1, 0.15) is 10.5 Å². The van der Waals surface area contributed by atoms with Crippen molar-refractivity contribution in [1.82, 2.24) is 9.97 Å². The Morgan fingerprint density at radius 3 is 2.91 bits per heavy atom. The number of hydrogen-bond donors (Lipinski definition) is 1. The fourth-order valence-corrected chi connectivity index (χ4v) is 0.585. The molecule has 1 aromatic rings. The van der Waals surface area contributed by atoms with Crippen LogP contribution in [0.4, 0.5) is 5.82 Å². The maximum atomic E-state index is 10.2. The van der Waals surface area contributed by atoms with Crippen LogP contribution >= 0.6 is 0 Å². The zero-order valence-corrected chi connectivity index (χ0v) is 5.94. The van der Waals surface area contributed by atoms with Crippen molar-refractivity contribution in [3.05, 3.63) is 11.9 Å². The number of hydrogen-bond acceptors (Lipinski definition) is 5. The molecule has 5 heteroatoms. The summed E-state index contributed by atoms with van der Waals surface area (Å²) in [4.78, 5) is 17.6. The number of aromatic nitrogens is 2. The molecule has 0 saturated heterocycles. The van der Waals surface area contributed by atoms with Crippen molar-refractivity contribution in [3.8, 4) is 5.88 Å². The molecule has 0 bridgehead atoms. The molecule has 0 spiro atoms. The highest BCUT2D eigenvalue weighted by molar-refractivity contribution is 5.78. The van der Waals surface area contributed by atoms with Crippen molar-refractivity contribution >= 4 is 12.1 Å². The van der Waals surface area contributed by atoms with Gasteiger partial charge in [-0.25, -0.2) is 4.98 Å². The fraction of sp³-hybridized carbons (Fsp3) is 0.167. The van der Waals surface area contributed by atoms with E-state index in [9.17, 15) is 4.79 Å². The zero-order valence-electron chi connectivity index (χ0n) is 5.94. The minimum absolute atomic E-state index is 0.0827. The third-order valence-corrected chi connectivity index (χ3v) is 1.13. The molecule has 0 amide bonds. The van der Waals surface area contributed by atoms with E-state index in [0.29, 0.717) is 12.2 Å². The van der Waals surface area contributed by atoms with Gasteiger partial charge in [0.15, 0.2) is 12.1 Å². The van der Waals surface area contributed by atoms with E-state index in [0.717, 1.165) is 0 Å². The van der Waals surface area contributed by atoms with Crippen molar-refractivity contribution in [2.24, 2.45) is 0 Å². The van der Waals surface area contributed by atoms with Gasteiger partial charge >= 0.3 is 0 Å². The average molecular weight is 153 g/mol. The van der Waals surface area contributed by atoms with E-state index in [4.69, 9.17) is 10.5 Å². The second-order valence-electron chi connectivity index (χ2n) is 1.80. The lowest BCUT2D eigenvalue weighted by atomic mass is 10.4. The number of rotatable bonds is 2. The first kappa shape index (κ1) is 7.46. The SMILES string of the molecule is COc1cnc(C=O)c(N)n1. The molecule has 1 heterocycles. The number of carbonyl (C=O) groups is 1. The van der Waals surface area contributed by atoms with Crippen molar-refractivity contribution in [2.75, 3.05) is 12.8 Å². The molecule has 58 valence electrons. The summed E-state index contributed by atoms with van der Waals surface area (Å²) in [6.07, 6.45) is 1.88. The minimum Gasteiger partial charge on any atom is -0.480 e. The van der Waals surface area contributed by atoms with Gasteiger partial charge in [0.1, 0.15) is 5.69 Å². The summed E-state index contributed by atoms with van der Waals surface area (Å²) >= 11 is 0. The molecule has 0 saturated carbocycles. The highest BCUT2D eigenvalue weighted by atomic mass is 16.5. The van der Waals surface area contributed by atoms with Crippen LogP contribution in [0.15, 0.2) is 6.20 Å². The van der Waals surface area contributed by atoms with Crippen molar-refractivity contribution in [3.63, 3.8) is 0 Å². The van der Waals surface area contributed by atoms with E-state index in [1.165, 1.54) is 13.3 Å². The van der Waals surface area contributed by atoms with Crippen LogP contribution in [0.5, 0.6) is 5.88 Å². The maximum Gasteiger partial charge on any atom is 0.234 e. The van der Waals surface area contributed by atoms with E-state index < -0.39 is 0 Å². The highest BCUT2D eigenvalue weighted by Crippen LogP contribution is 2.08. The van der Waals surface area contributed by atoms with Gasteiger partial charge in [0.2, 0.25) is 5.88 Å². The highest BCUT2D eigenvalue weighted by Gasteiger charge is 2.01. The summed E-state index contributed by atoms with van der Waals surface area (Å²) in [5.41, 5.74) is 5.45. The molecule has 0 aliphatic heterocycles. The molecule has 0 fully saturated rings. The molecule has 0 unspecified atom stereocenters. The topological polar surface area (TPSA) is 78.1 Å². The van der Waals surface area contributed by atoms with Crippen molar-refractivity contribution in [1.29, 1.82) is 0 Å². The Labute approximate surface area is 63.2 Å². The standard InChI is InChI=1S/C6H7N3O2/c1-11-5-2-8-4(3-10)6(7)9-5/h2-3H,1H3,(H2,7,9). The van der Waals surface area contributed by atoms with E-state index in [2.05, 4.69) is 9.97 Å². The number of ether oxygens (including phenoxy) is 1. The number of aldehydes is 1. The van der Waals surface area contributed by atoms with Gasteiger partial charge in [-0.05, 0) is 0 Å². The van der Waals surface area contributed by atoms with Gasteiger partial charge in [0.05, 0.1) is 13.3 Å². The summed E-state index contributed by atoms with van der Waals surface area (Å²) in [6, 6.07) is 0. The molecule has 1 rings (SSSR count). The fourth-order valence-electron chi connectivity index (χ4n) is 0.585. The normalized spacial score (nSPS) is 9.18. The summed E-state index contributed by atoms with van der Waals surface area (Å²) in [7, 11) is 1.45. The lowest BCUT2D eigenvalue weighted by Crippen LogP contribution is -2.01. The molecular formula is C6H7N3O2. The van der Waals surface area contributed by atoms with Gasteiger partial charge < -0.3 is 10.5 Å². The van der Waals surface area contributed by atoms with Gasteiger partial charge in [-0.1, -0.05) is 0 Å². The summed E-state index contributed by atoms with van der Waals surface area (Å²) in [5, 5.41) is 0. The molecule has 0 aromatic carbocycles. The number of methoxy groups -OCH3 is 1. The van der Waals surface area contributed by atoms with Crippen LogP contribution in [-0.4, -0.2) is 23.4 Å². The Morgan fingerprint density at radius 1 is 1.73 bits per heavy atom. The van der Waals surface area contributed by atoms with Gasteiger partial charge in [-0.15, -0.1) is 0 Å². The second-order valence-corrected chi connectivity index (χ2v) is 1.80. The third kappa shape index (κ3) is 1.43. The molecule has 0 aliphatic rings. The molecule has 5 nitrogen and oxygen atoms in total. The van der Waals surface area contributed by atoms with Gasteiger partial charge in [0, 0.05) is 0 Å². The van der Waals surface area contributed by atoms with Crippen LogP contribution < -0.4 is 10.5 Å². The van der Waals surface area contributed by atoms with Gasteiger partial charge in [0.25, 0.3) is 0 Å². The summed E-state index contributed by atoms with van der Waals surface area (Å²) < 4.78 is 4.72. The van der Waals surface area contributed by atoms with Crippen LogP contribution in [0.3, 0.4) is 0 Å². The van der Waals surface area contributed by atoms with Crippen molar-refractivity contribution < 1.29 is 9.53 Å². The lowest BCUT2D eigenvalue weighted by Gasteiger charge is -1.99. The predicted molar refractivity (Wildman–Crippen MR) is 38.4 cm³/mol. The predicted octanol–water partition coefficient (Wildman–Crippen LogP) is -0.120. The van der Waals surface area contributed by atoms with Crippen molar-refractivity contribution in [2.45, 2.75) is 0 Å². The minimum atomic E-state index is 0.0827. The largest absolute Gasteiger partial charge is 0.480 e. The number of nitrogens with zero attached hydrogens (tertiary/aromatic N) is 2. The Kier molecular flexibility index (Phi) is 2.00. The first-order valence-electron chi connectivity index (χ1n) is 2.89. The molecule has 1 aromatic heterocycles.